The van der Waals surface area contributed by atoms with Gasteiger partial charge in [-0.25, -0.2) is 0 Å². The van der Waals surface area contributed by atoms with Crippen LogP contribution in [0.2, 0.25) is 4.71 Å². The molecule has 0 aliphatic heterocycles. The van der Waals surface area contributed by atoms with E-state index < -0.39 is 0 Å². The van der Waals surface area contributed by atoms with Gasteiger partial charge in [-0.05, 0) is 0 Å². The first-order valence-electron chi connectivity index (χ1n) is 3.81. The molecule has 0 spiro atoms. The van der Waals surface area contributed by atoms with Gasteiger partial charge in [0, 0.05) is 0 Å². The summed E-state index contributed by atoms with van der Waals surface area (Å²) in [6, 6.07) is 6.24. The van der Waals surface area contributed by atoms with Gasteiger partial charge in [-0.3, -0.25) is 0 Å². The normalized spacial score (nSPS) is 19.9. The quantitative estimate of drug-likeness (QED) is 0.545. The zero-order valence-electron chi connectivity index (χ0n) is 6.66. The number of hydrogen-bond donors (Lipinski definition) is 1. The Morgan fingerprint density at radius 2 is 1.92 bits per heavy atom. The Balaban J connectivity index is 0.000000720. The van der Waals surface area contributed by atoms with Crippen molar-refractivity contribution in [3.05, 3.63) is 29.3 Å². The average Bonchev–Trinajstić information content (AvgIpc) is 2.27. The number of halogens is 1. The van der Waals surface area contributed by atoms with Crippen LogP contribution in [0.1, 0.15) is 11.1 Å². The summed E-state index contributed by atoms with van der Waals surface area (Å²) in [5.41, 5.74) is 9.48. The summed E-state index contributed by atoms with van der Waals surface area (Å²) in [5.74, 6) is 0. The number of benzene rings is 1. The number of anilines is 1. The molecular weight excluding hydrogens is 232 g/mol. The molecule has 1 nitrogen and oxygen atoms in total. The topological polar surface area (TPSA) is 26.0 Å². The molecule has 0 fully saturated rings. The molecule has 1 aliphatic rings. The fraction of sp³-hybridized carbons (Fsp3) is 0.333. The van der Waals surface area contributed by atoms with Crippen molar-refractivity contribution in [1.29, 1.82) is 0 Å². The fourth-order valence-corrected chi connectivity index (χ4v) is 2.44. The number of nitrogen functional groups attached to an aromatic ring is 1. The predicted molar refractivity (Wildman–Crippen MR) is 55.0 cm³/mol. The molecule has 1 unspecified atom stereocenters. The number of rotatable bonds is 0. The van der Waals surface area contributed by atoms with Gasteiger partial charge in [0.15, 0.2) is 0 Å². The minimum absolute atomic E-state index is 0. The maximum absolute atomic E-state index is 5.67. The van der Waals surface area contributed by atoms with Crippen LogP contribution >= 0.6 is 12.4 Å². The van der Waals surface area contributed by atoms with E-state index in [2.05, 4.69) is 29.0 Å². The molecule has 1 aromatic carbocycles. The Labute approximate surface area is 87.6 Å². The molecule has 0 heterocycles. The molecule has 0 saturated heterocycles. The molecule has 12 heavy (non-hydrogen) atoms. The summed E-state index contributed by atoms with van der Waals surface area (Å²) < 4.78 is 0.749. The van der Waals surface area contributed by atoms with E-state index in [0.717, 1.165) is 10.4 Å². The standard InChI is InChI=1S/C9H10AsN.ClH/c10-8-3-6-1-2-9(11)5-7(6)4-8;/h1-2,5,8H,3-4,11H2;1H. The van der Waals surface area contributed by atoms with Gasteiger partial charge in [-0.2, -0.15) is 0 Å². The number of hydrogen-bond acceptors (Lipinski definition) is 1. The zero-order chi connectivity index (χ0) is 7.84. The Kier molecular flexibility index (Phi) is 3.09. The van der Waals surface area contributed by atoms with E-state index in [0.29, 0.717) is 0 Å². The van der Waals surface area contributed by atoms with Crippen LogP contribution in [0.15, 0.2) is 18.2 Å². The van der Waals surface area contributed by atoms with Crippen molar-refractivity contribution in [2.24, 2.45) is 0 Å². The molecule has 1 aliphatic carbocycles. The molecule has 2 N–H and O–H groups in total. The Morgan fingerprint density at radius 3 is 2.67 bits per heavy atom. The van der Waals surface area contributed by atoms with Crippen LogP contribution in [-0.2, 0) is 12.8 Å². The third-order valence-corrected chi connectivity index (χ3v) is 2.91. The molecule has 0 amide bonds. The molecule has 2 radical (unpaired) electrons. The van der Waals surface area contributed by atoms with E-state index in [1.807, 2.05) is 6.07 Å². The van der Waals surface area contributed by atoms with Crippen molar-refractivity contribution in [2.45, 2.75) is 17.5 Å². The second-order valence-corrected chi connectivity index (χ2v) is 4.62. The first-order chi connectivity index (χ1) is 5.25. The molecule has 2 rings (SSSR count). The number of fused-ring (bicyclic) bond motifs is 1. The van der Waals surface area contributed by atoms with Gasteiger partial charge >= 0.3 is 75.1 Å². The molecule has 64 valence electrons. The van der Waals surface area contributed by atoms with Gasteiger partial charge < -0.3 is 0 Å². The van der Waals surface area contributed by atoms with Crippen molar-refractivity contribution in [2.75, 3.05) is 5.73 Å². The van der Waals surface area contributed by atoms with Crippen LogP contribution in [0.4, 0.5) is 5.69 Å². The Morgan fingerprint density at radius 1 is 1.25 bits per heavy atom. The summed E-state index contributed by atoms with van der Waals surface area (Å²) in [5, 5.41) is 0. The second-order valence-electron chi connectivity index (χ2n) is 3.09. The number of nitrogens with two attached hydrogens (primary N) is 1. The van der Waals surface area contributed by atoms with Gasteiger partial charge in [0.2, 0.25) is 0 Å². The molecular formula is C9H11AsClN. The summed E-state index contributed by atoms with van der Waals surface area (Å²) in [6.45, 7) is 0. The van der Waals surface area contributed by atoms with E-state index in [1.165, 1.54) is 24.0 Å². The van der Waals surface area contributed by atoms with E-state index in [4.69, 9.17) is 5.73 Å². The minimum atomic E-state index is 0. The van der Waals surface area contributed by atoms with Gasteiger partial charge in [-0.1, -0.05) is 0 Å². The summed E-state index contributed by atoms with van der Waals surface area (Å²) in [6.07, 6.45) is 2.38. The van der Waals surface area contributed by atoms with Crippen LogP contribution in [0.5, 0.6) is 0 Å². The maximum atomic E-state index is 5.67. The van der Waals surface area contributed by atoms with Crippen LogP contribution in [0.25, 0.3) is 0 Å². The van der Waals surface area contributed by atoms with Crippen molar-refractivity contribution in [3.63, 3.8) is 0 Å². The summed E-state index contributed by atoms with van der Waals surface area (Å²) >= 11 is 2.73. The third-order valence-electron chi connectivity index (χ3n) is 2.14. The van der Waals surface area contributed by atoms with Crippen molar-refractivity contribution < 1.29 is 0 Å². The van der Waals surface area contributed by atoms with Crippen LogP contribution in [0.3, 0.4) is 0 Å². The monoisotopic (exact) mass is 243 g/mol. The van der Waals surface area contributed by atoms with Crippen LogP contribution in [-0.4, -0.2) is 16.9 Å². The van der Waals surface area contributed by atoms with Gasteiger partial charge in [0.25, 0.3) is 0 Å². The van der Waals surface area contributed by atoms with Crippen molar-refractivity contribution in [3.8, 4) is 0 Å². The second kappa shape index (κ2) is 3.72. The molecule has 3 heteroatoms. The van der Waals surface area contributed by atoms with E-state index in [9.17, 15) is 0 Å². The third kappa shape index (κ3) is 1.78. The van der Waals surface area contributed by atoms with E-state index >= 15 is 0 Å². The molecule has 0 saturated carbocycles. The Bertz CT molecular complexity index is 288. The fourth-order valence-electron chi connectivity index (χ4n) is 1.61. The van der Waals surface area contributed by atoms with Crippen LogP contribution in [0, 0.1) is 0 Å². The van der Waals surface area contributed by atoms with Crippen molar-refractivity contribution in [1.82, 2.24) is 0 Å². The first-order valence-corrected chi connectivity index (χ1v) is 4.89. The van der Waals surface area contributed by atoms with Gasteiger partial charge in [0.05, 0.1) is 0 Å². The zero-order valence-corrected chi connectivity index (χ0v) is 9.35. The molecule has 0 bridgehead atoms. The summed E-state index contributed by atoms with van der Waals surface area (Å²) in [7, 11) is 0. The first kappa shape index (κ1) is 9.95. The Hall–Kier alpha value is -0.132. The van der Waals surface area contributed by atoms with Crippen LogP contribution < -0.4 is 5.73 Å². The van der Waals surface area contributed by atoms with Crippen molar-refractivity contribution >= 4 is 34.9 Å². The molecule has 1 aromatic rings. The van der Waals surface area contributed by atoms with Gasteiger partial charge in [0.1, 0.15) is 0 Å². The predicted octanol–water partition coefficient (Wildman–Crippen LogP) is 1.75. The van der Waals surface area contributed by atoms with E-state index in [1.54, 1.807) is 0 Å². The van der Waals surface area contributed by atoms with E-state index in [-0.39, 0.29) is 12.4 Å². The average molecular weight is 244 g/mol. The molecule has 1 atom stereocenters. The SMILES string of the molecule is Cl.Nc1ccc2c(c1)CC([As])C2. The molecule has 0 aromatic heterocycles. The van der Waals surface area contributed by atoms with Gasteiger partial charge in [-0.15, -0.1) is 12.4 Å². The summed E-state index contributed by atoms with van der Waals surface area (Å²) in [4.78, 5) is 0.